The zero-order valence-electron chi connectivity index (χ0n) is 25.1. The van der Waals surface area contributed by atoms with Gasteiger partial charge in [0.15, 0.2) is 0 Å². The fourth-order valence-corrected chi connectivity index (χ4v) is 5.01. The Morgan fingerprint density at radius 3 is 2.39 bits per heavy atom. The number of carbonyl (C=O) groups excluding carboxylic acids is 1. The molecule has 1 atom stereocenters. The van der Waals surface area contributed by atoms with E-state index in [1.807, 2.05) is 52.1 Å². The maximum atomic E-state index is 13.4. The number of fused-ring (bicyclic) bond motifs is 1. The monoisotopic (exact) mass is 605 g/mol. The molecule has 3 heterocycles. The highest BCUT2D eigenvalue weighted by Crippen LogP contribution is 2.38. The zero-order valence-corrected chi connectivity index (χ0v) is 25.1. The molecule has 8 nitrogen and oxygen atoms in total. The lowest BCUT2D eigenvalue weighted by atomic mass is 9.96. The first-order chi connectivity index (χ1) is 20.7. The van der Waals surface area contributed by atoms with Crippen molar-refractivity contribution in [1.82, 2.24) is 25.4 Å². The minimum absolute atomic E-state index is 0.0527. The van der Waals surface area contributed by atoms with Crippen molar-refractivity contribution in [2.45, 2.75) is 58.5 Å². The first-order valence-electron chi connectivity index (χ1n) is 14.2. The minimum Gasteiger partial charge on any atom is -0.437 e. The molecule has 1 amide bonds. The van der Waals surface area contributed by atoms with Crippen LogP contribution in [0.3, 0.4) is 0 Å². The van der Waals surface area contributed by atoms with Crippen LogP contribution in [0.4, 0.5) is 13.2 Å². The zero-order chi connectivity index (χ0) is 31.8. The van der Waals surface area contributed by atoms with Gasteiger partial charge in [-0.1, -0.05) is 18.2 Å². The van der Waals surface area contributed by atoms with Gasteiger partial charge in [-0.3, -0.25) is 10.1 Å². The number of aromatic nitrogens is 3. The average Bonchev–Trinajstić information content (AvgIpc) is 3.57. The van der Waals surface area contributed by atoms with Gasteiger partial charge in [0.1, 0.15) is 12.0 Å². The number of aliphatic hydroxyl groups is 1. The summed E-state index contributed by atoms with van der Waals surface area (Å²) in [7, 11) is 1.49. The third kappa shape index (κ3) is 6.84. The predicted octanol–water partition coefficient (Wildman–Crippen LogP) is 6.89. The summed E-state index contributed by atoms with van der Waals surface area (Å²) in [6.45, 7) is 7.63. The van der Waals surface area contributed by atoms with Crippen LogP contribution in [0.5, 0.6) is 0 Å². The molecule has 0 spiro atoms. The van der Waals surface area contributed by atoms with Gasteiger partial charge in [0.05, 0.1) is 28.0 Å². The largest absolute Gasteiger partial charge is 0.437 e. The molecule has 2 aromatic carbocycles. The molecule has 11 heteroatoms. The maximum Gasteiger partial charge on any atom is 0.389 e. The SMILES string of the molecule is CNC(=O)c1c(-c2ccc(-n3ccc(C)n3)cc2)oc2nc(CCC(F)(F)F)c(-c3cccc(C(O)NC(C)(C)C)c3)cc12. The summed E-state index contributed by atoms with van der Waals surface area (Å²) in [5.41, 5.74) is 3.79. The van der Waals surface area contributed by atoms with E-state index in [4.69, 9.17) is 4.42 Å². The second-order valence-electron chi connectivity index (χ2n) is 11.7. The summed E-state index contributed by atoms with van der Waals surface area (Å²) < 4.78 is 47.9. The number of aliphatic hydroxyl groups excluding tert-OH is 1. The lowest BCUT2D eigenvalue weighted by Gasteiger charge is -2.25. The normalized spacial score (nSPS) is 12.9. The molecule has 5 rings (SSSR count). The van der Waals surface area contributed by atoms with Crippen LogP contribution in [-0.2, 0) is 6.42 Å². The number of furan rings is 1. The Morgan fingerprint density at radius 2 is 1.77 bits per heavy atom. The Kier molecular flexibility index (Phi) is 8.37. The van der Waals surface area contributed by atoms with Gasteiger partial charge in [-0.05, 0) is 87.7 Å². The van der Waals surface area contributed by atoms with E-state index in [1.54, 1.807) is 47.1 Å². The van der Waals surface area contributed by atoms with E-state index in [1.165, 1.54) is 7.05 Å². The van der Waals surface area contributed by atoms with Gasteiger partial charge in [0, 0.05) is 36.3 Å². The van der Waals surface area contributed by atoms with Gasteiger partial charge in [-0.25, -0.2) is 9.67 Å². The van der Waals surface area contributed by atoms with E-state index >= 15 is 0 Å². The fourth-order valence-electron chi connectivity index (χ4n) is 5.01. The van der Waals surface area contributed by atoms with Crippen molar-refractivity contribution < 1.29 is 27.5 Å². The highest BCUT2D eigenvalue weighted by atomic mass is 19.4. The quantitative estimate of drug-likeness (QED) is 0.166. The number of hydrogen-bond donors (Lipinski definition) is 3. The molecule has 3 aromatic heterocycles. The smallest absolute Gasteiger partial charge is 0.389 e. The molecule has 230 valence electrons. The van der Waals surface area contributed by atoms with Crippen LogP contribution in [0.2, 0.25) is 0 Å². The Hall–Kier alpha value is -4.48. The Labute approximate surface area is 252 Å². The Bertz CT molecular complexity index is 1800. The molecule has 1 unspecified atom stereocenters. The van der Waals surface area contributed by atoms with Crippen LogP contribution in [-0.4, -0.2) is 44.5 Å². The van der Waals surface area contributed by atoms with Crippen LogP contribution in [0.15, 0.2) is 71.3 Å². The van der Waals surface area contributed by atoms with Crippen molar-refractivity contribution >= 4 is 17.0 Å². The van der Waals surface area contributed by atoms with Gasteiger partial charge >= 0.3 is 6.18 Å². The van der Waals surface area contributed by atoms with E-state index in [-0.39, 0.29) is 28.3 Å². The number of nitrogens with zero attached hydrogens (tertiary/aromatic N) is 3. The number of rotatable bonds is 8. The van der Waals surface area contributed by atoms with Gasteiger partial charge in [0.2, 0.25) is 5.71 Å². The molecule has 0 saturated carbocycles. The second kappa shape index (κ2) is 11.9. The number of nitrogens with one attached hydrogen (secondary N) is 2. The summed E-state index contributed by atoms with van der Waals surface area (Å²) >= 11 is 0. The second-order valence-corrected chi connectivity index (χ2v) is 11.7. The van der Waals surface area contributed by atoms with Gasteiger partial charge in [0.25, 0.3) is 5.91 Å². The van der Waals surface area contributed by atoms with Crippen molar-refractivity contribution in [3.8, 4) is 28.1 Å². The number of hydrogen-bond acceptors (Lipinski definition) is 6. The van der Waals surface area contributed by atoms with Crippen LogP contribution in [0.25, 0.3) is 39.2 Å². The fraction of sp³-hybridized carbons (Fsp3) is 0.303. The number of benzene rings is 2. The summed E-state index contributed by atoms with van der Waals surface area (Å²) in [6, 6.07) is 17.7. The summed E-state index contributed by atoms with van der Waals surface area (Å²) in [5.74, 6) is -0.188. The third-order valence-corrected chi connectivity index (χ3v) is 7.06. The lowest BCUT2D eigenvalue weighted by Crippen LogP contribution is -2.38. The Balaban J connectivity index is 1.66. The standard InChI is InChI=1S/C33H34F3N5O3/c1-19-14-16-41(40-19)23-11-9-20(10-12-23)28-27(30(43)37-5)25-18-24(26(38-31(25)44-28)13-15-33(34,35)36)21-7-6-8-22(17-21)29(42)39-32(2,3)4/h6-12,14,16-18,29,39,42H,13,15H2,1-5H3,(H,37,43). The average molecular weight is 606 g/mol. The molecule has 44 heavy (non-hydrogen) atoms. The Morgan fingerprint density at radius 1 is 1.05 bits per heavy atom. The minimum atomic E-state index is -4.40. The molecule has 0 fully saturated rings. The summed E-state index contributed by atoms with van der Waals surface area (Å²) in [4.78, 5) is 17.8. The number of halogens is 3. The van der Waals surface area contributed by atoms with E-state index in [2.05, 4.69) is 20.7 Å². The van der Waals surface area contributed by atoms with Gasteiger partial charge < -0.3 is 14.8 Å². The molecule has 0 aliphatic carbocycles. The number of pyridine rings is 1. The van der Waals surface area contributed by atoms with Crippen molar-refractivity contribution in [3.63, 3.8) is 0 Å². The van der Waals surface area contributed by atoms with E-state index < -0.39 is 31.2 Å². The van der Waals surface area contributed by atoms with Gasteiger partial charge in [-0.15, -0.1) is 0 Å². The predicted molar refractivity (Wildman–Crippen MR) is 162 cm³/mol. The van der Waals surface area contributed by atoms with E-state index in [0.717, 1.165) is 11.4 Å². The molecule has 0 aliphatic heterocycles. The molecule has 5 aromatic rings. The lowest BCUT2D eigenvalue weighted by molar-refractivity contribution is -0.134. The van der Waals surface area contributed by atoms with Crippen molar-refractivity contribution in [3.05, 3.63) is 89.4 Å². The molecular formula is C33H34F3N5O3. The third-order valence-electron chi connectivity index (χ3n) is 7.06. The number of amides is 1. The van der Waals surface area contributed by atoms with Gasteiger partial charge in [-0.2, -0.15) is 18.3 Å². The highest BCUT2D eigenvalue weighted by Gasteiger charge is 2.29. The first kappa shape index (κ1) is 31.0. The first-order valence-corrected chi connectivity index (χ1v) is 14.2. The van der Waals surface area contributed by atoms with Crippen LogP contribution < -0.4 is 10.6 Å². The molecule has 0 radical (unpaired) electrons. The topological polar surface area (TPSA) is 105 Å². The molecular weight excluding hydrogens is 571 g/mol. The number of carbonyl (C=O) groups is 1. The number of aryl methyl sites for hydroxylation is 2. The highest BCUT2D eigenvalue weighted by molar-refractivity contribution is 6.11. The summed E-state index contributed by atoms with van der Waals surface area (Å²) in [6.07, 6.45) is -5.07. The van der Waals surface area contributed by atoms with Crippen LogP contribution in [0, 0.1) is 6.92 Å². The van der Waals surface area contributed by atoms with Crippen LogP contribution >= 0.6 is 0 Å². The maximum absolute atomic E-state index is 13.4. The van der Waals surface area contributed by atoms with E-state index in [0.29, 0.717) is 27.6 Å². The van der Waals surface area contributed by atoms with Crippen molar-refractivity contribution in [1.29, 1.82) is 0 Å². The molecule has 0 bridgehead atoms. The van der Waals surface area contributed by atoms with Crippen molar-refractivity contribution in [2.24, 2.45) is 0 Å². The molecule has 0 saturated heterocycles. The number of alkyl halides is 3. The summed E-state index contributed by atoms with van der Waals surface area (Å²) in [5, 5.41) is 21.3. The van der Waals surface area contributed by atoms with E-state index in [9.17, 15) is 23.1 Å². The van der Waals surface area contributed by atoms with Crippen molar-refractivity contribution in [2.75, 3.05) is 7.05 Å². The molecule has 0 aliphatic rings. The molecule has 3 N–H and O–H groups in total. The van der Waals surface area contributed by atoms with Crippen LogP contribution in [0.1, 0.15) is 60.7 Å².